The van der Waals surface area contributed by atoms with Crippen molar-refractivity contribution >= 4 is 23.4 Å². The van der Waals surface area contributed by atoms with Crippen molar-refractivity contribution in [2.75, 3.05) is 5.75 Å². The highest BCUT2D eigenvalue weighted by Crippen LogP contribution is 2.50. The number of rotatable bonds is 1. The van der Waals surface area contributed by atoms with Gasteiger partial charge in [0.15, 0.2) is 0 Å². The Hall–Kier alpha value is -2.47. The average molecular weight is 337 g/mol. The third kappa shape index (κ3) is 1.96. The lowest BCUT2D eigenvalue weighted by Gasteiger charge is -2.43. The van der Waals surface area contributed by atoms with E-state index in [-0.39, 0.29) is 11.9 Å². The van der Waals surface area contributed by atoms with Crippen molar-refractivity contribution in [2.24, 2.45) is 5.10 Å². The standard InChI is InChI=1S/C18H15N3O2S/c22-17-11-24-18(19-17)21-15(13-8-4-5-9-16(13)23-18)10-14(20-21)12-6-2-1-3-7-12/h1-9,15H,10-11H2,(H,19,22). The topological polar surface area (TPSA) is 53.9 Å². The molecule has 1 fully saturated rings. The van der Waals surface area contributed by atoms with Gasteiger partial charge >= 0.3 is 5.18 Å². The SMILES string of the molecule is O=C1CSC2(N1)Oc1ccccc1C1CC(c3ccccc3)=NN12. The largest absolute Gasteiger partial charge is 0.440 e. The highest BCUT2D eigenvalue weighted by atomic mass is 32.2. The monoisotopic (exact) mass is 337 g/mol. The Balaban J connectivity index is 1.62. The molecule has 0 radical (unpaired) electrons. The van der Waals surface area contributed by atoms with Gasteiger partial charge in [-0.05, 0) is 11.6 Å². The number of para-hydroxylation sites is 1. The molecule has 3 heterocycles. The van der Waals surface area contributed by atoms with Crippen LogP contribution in [0.3, 0.4) is 0 Å². The maximum atomic E-state index is 11.9. The molecule has 2 aromatic rings. The lowest BCUT2D eigenvalue weighted by molar-refractivity contribution is -0.128. The zero-order valence-electron chi connectivity index (χ0n) is 12.8. The van der Waals surface area contributed by atoms with Crippen molar-refractivity contribution in [1.82, 2.24) is 10.3 Å². The second-order valence-corrected chi connectivity index (χ2v) is 7.17. The zero-order chi connectivity index (χ0) is 16.1. The number of hydrogen-bond acceptors (Lipinski definition) is 5. The van der Waals surface area contributed by atoms with Crippen LogP contribution >= 0.6 is 11.8 Å². The fourth-order valence-electron chi connectivity index (χ4n) is 3.46. The van der Waals surface area contributed by atoms with Gasteiger partial charge in [-0.15, -0.1) is 0 Å². The van der Waals surface area contributed by atoms with Crippen LogP contribution in [0.1, 0.15) is 23.6 Å². The van der Waals surface area contributed by atoms with Gasteiger partial charge in [0.2, 0.25) is 5.91 Å². The maximum absolute atomic E-state index is 11.9. The molecule has 0 saturated carbocycles. The van der Waals surface area contributed by atoms with Crippen molar-refractivity contribution in [2.45, 2.75) is 17.6 Å². The number of nitrogens with zero attached hydrogens (tertiary/aromatic N) is 2. The van der Waals surface area contributed by atoms with Crippen LogP contribution in [-0.4, -0.2) is 27.6 Å². The molecule has 120 valence electrons. The molecule has 0 aromatic heterocycles. The number of hydrogen-bond donors (Lipinski definition) is 1. The minimum absolute atomic E-state index is 0.0264. The first-order valence-corrected chi connectivity index (χ1v) is 8.89. The first-order chi connectivity index (χ1) is 11.8. The Bertz CT molecular complexity index is 854. The molecule has 2 aromatic carbocycles. The molecule has 3 aliphatic heterocycles. The molecule has 0 bridgehead atoms. The summed E-state index contributed by atoms with van der Waals surface area (Å²) < 4.78 is 6.20. The normalized spacial score (nSPS) is 27.3. The van der Waals surface area contributed by atoms with Crippen molar-refractivity contribution in [1.29, 1.82) is 0 Å². The van der Waals surface area contributed by atoms with Crippen LogP contribution in [0, 0.1) is 0 Å². The fraction of sp³-hybridized carbons (Fsp3) is 0.222. The van der Waals surface area contributed by atoms with E-state index < -0.39 is 5.18 Å². The molecule has 0 aliphatic carbocycles. The van der Waals surface area contributed by atoms with Crippen LogP contribution in [0.2, 0.25) is 0 Å². The summed E-state index contributed by atoms with van der Waals surface area (Å²) in [5.74, 6) is 1.17. The van der Waals surface area contributed by atoms with E-state index in [0.717, 1.165) is 29.0 Å². The Kier molecular flexibility index (Phi) is 2.91. The van der Waals surface area contributed by atoms with Crippen molar-refractivity contribution in [3.05, 3.63) is 65.7 Å². The summed E-state index contributed by atoms with van der Waals surface area (Å²) in [4.78, 5) is 11.9. The van der Waals surface area contributed by atoms with Crippen molar-refractivity contribution in [3.8, 4) is 5.75 Å². The molecule has 1 amide bonds. The number of ether oxygens (including phenoxy) is 1. The first kappa shape index (κ1) is 13.9. The highest BCUT2D eigenvalue weighted by Gasteiger charge is 2.55. The minimum atomic E-state index is -0.938. The van der Waals surface area contributed by atoms with Gasteiger partial charge in [-0.2, -0.15) is 5.10 Å². The number of nitrogens with one attached hydrogen (secondary N) is 1. The van der Waals surface area contributed by atoms with Crippen molar-refractivity contribution in [3.63, 3.8) is 0 Å². The molecular formula is C18H15N3O2S. The van der Waals surface area contributed by atoms with Gasteiger partial charge in [-0.3, -0.25) is 10.1 Å². The molecular weight excluding hydrogens is 322 g/mol. The third-order valence-electron chi connectivity index (χ3n) is 4.54. The molecule has 2 unspecified atom stereocenters. The summed E-state index contributed by atoms with van der Waals surface area (Å²) >= 11 is 1.45. The summed E-state index contributed by atoms with van der Waals surface area (Å²) in [5, 5.41) is 8.80. The summed E-state index contributed by atoms with van der Waals surface area (Å²) in [6.45, 7) is 0. The summed E-state index contributed by atoms with van der Waals surface area (Å²) in [6, 6.07) is 18.2. The Morgan fingerprint density at radius 2 is 1.96 bits per heavy atom. The minimum Gasteiger partial charge on any atom is -0.440 e. The van der Waals surface area contributed by atoms with Gasteiger partial charge in [0.05, 0.1) is 17.5 Å². The van der Waals surface area contributed by atoms with Crippen LogP contribution in [0.15, 0.2) is 59.7 Å². The molecule has 24 heavy (non-hydrogen) atoms. The Morgan fingerprint density at radius 1 is 1.17 bits per heavy atom. The molecule has 1 spiro atoms. The van der Waals surface area contributed by atoms with Crippen LogP contribution < -0.4 is 10.1 Å². The van der Waals surface area contributed by atoms with E-state index in [4.69, 9.17) is 9.84 Å². The number of benzene rings is 2. The first-order valence-electron chi connectivity index (χ1n) is 7.90. The highest BCUT2D eigenvalue weighted by molar-refractivity contribution is 8.01. The molecule has 2 atom stereocenters. The van der Waals surface area contributed by atoms with Gasteiger partial charge in [0, 0.05) is 12.0 Å². The summed E-state index contributed by atoms with van der Waals surface area (Å²) in [5.41, 5.74) is 3.23. The smallest absolute Gasteiger partial charge is 0.332 e. The molecule has 1 N–H and O–H groups in total. The van der Waals surface area contributed by atoms with Crippen LogP contribution in [-0.2, 0) is 4.79 Å². The lowest BCUT2D eigenvalue weighted by Crippen LogP contribution is -2.58. The number of carbonyl (C=O) groups is 1. The van der Waals surface area contributed by atoms with Gasteiger partial charge in [0.25, 0.3) is 0 Å². The van der Waals surface area contributed by atoms with Crippen LogP contribution in [0.25, 0.3) is 0 Å². The number of carbonyl (C=O) groups excluding carboxylic acids is 1. The predicted octanol–water partition coefficient (Wildman–Crippen LogP) is 2.70. The molecule has 1 saturated heterocycles. The summed E-state index contributed by atoms with van der Waals surface area (Å²) in [6.07, 6.45) is 0.794. The van der Waals surface area contributed by atoms with Crippen molar-refractivity contribution < 1.29 is 9.53 Å². The number of hydrazone groups is 1. The quantitative estimate of drug-likeness (QED) is 0.869. The van der Waals surface area contributed by atoms with E-state index in [1.807, 2.05) is 41.4 Å². The van der Waals surface area contributed by atoms with E-state index in [1.54, 1.807) is 0 Å². The number of thioether (sulfide) groups is 1. The number of amides is 1. The van der Waals surface area contributed by atoms with E-state index in [2.05, 4.69) is 23.5 Å². The lowest BCUT2D eigenvalue weighted by atomic mass is 9.97. The average Bonchev–Trinajstić information content (AvgIpc) is 3.22. The van der Waals surface area contributed by atoms with E-state index >= 15 is 0 Å². The fourth-order valence-corrected chi connectivity index (χ4v) is 4.50. The maximum Gasteiger partial charge on any atom is 0.332 e. The van der Waals surface area contributed by atoms with E-state index in [0.29, 0.717) is 5.75 Å². The molecule has 6 heteroatoms. The Labute approximate surface area is 143 Å². The van der Waals surface area contributed by atoms with Crippen LogP contribution in [0.4, 0.5) is 0 Å². The van der Waals surface area contributed by atoms with Gasteiger partial charge < -0.3 is 4.74 Å². The number of fused-ring (bicyclic) bond motifs is 4. The second-order valence-electron chi connectivity index (χ2n) is 6.04. The second kappa shape index (κ2) is 5.01. The predicted molar refractivity (Wildman–Crippen MR) is 92.6 cm³/mol. The van der Waals surface area contributed by atoms with Gasteiger partial charge in [-0.25, -0.2) is 5.01 Å². The van der Waals surface area contributed by atoms with E-state index in [9.17, 15) is 4.79 Å². The molecule has 5 nitrogen and oxygen atoms in total. The van der Waals surface area contributed by atoms with Gasteiger partial charge in [0.1, 0.15) is 5.75 Å². The van der Waals surface area contributed by atoms with Gasteiger partial charge in [-0.1, -0.05) is 60.3 Å². The third-order valence-corrected chi connectivity index (χ3v) is 5.71. The Morgan fingerprint density at radius 3 is 2.75 bits per heavy atom. The summed E-state index contributed by atoms with van der Waals surface area (Å²) in [7, 11) is 0. The zero-order valence-corrected chi connectivity index (χ0v) is 13.6. The van der Waals surface area contributed by atoms with Crippen LogP contribution in [0.5, 0.6) is 5.75 Å². The molecule has 5 rings (SSSR count). The van der Waals surface area contributed by atoms with E-state index in [1.165, 1.54) is 11.8 Å². The molecule has 3 aliphatic rings.